The van der Waals surface area contributed by atoms with Gasteiger partial charge in [-0.25, -0.2) is 0 Å². The van der Waals surface area contributed by atoms with Crippen molar-refractivity contribution in [3.05, 3.63) is 12.2 Å². The highest BCUT2D eigenvalue weighted by Gasteiger charge is 2.48. The zero-order chi connectivity index (χ0) is 11.7. The van der Waals surface area contributed by atoms with Gasteiger partial charge in [-0.2, -0.15) is 5.26 Å². The number of rotatable bonds is 2. The molecule has 84 valence electrons. The number of carbonyl (C=O) groups is 2. The maximum absolute atomic E-state index is 12.0. The van der Waals surface area contributed by atoms with E-state index >= 15 is 0 Å². The topological polar surface area (TPSA) is 61.2 Å². The fourth-order valence-corrected chi connectivity index (χ4v) is 2.48. The van der Waals surface area contributed by atoms with Crippen LogP contribution in [0, 0.1) is 23.2 Å². The van der Waals surface area contributed by atoms with Crippen LogP contribution >= 0.6 is 0 Å². The first-order valence-electron chi connectivity index (χ1n) is 5.55. The normalized spacial score (nSPS) is 30.1. The molecule has 0 aromatic rings. The van der Waals surface area contributed by atoms with Gasteiger partial charge in [-0.1, -0.05) is 12.2 Å². The zero-order valence-corrected chi connectivity index (χ0v) is 9.22. The number of imide groups is 1. The second kappa shape index (κ2) is 4.09. The van der Waals surface area contributed by atoms with Crippen molar-refractivity contribution >= 4 is 11.8 Å². The van der Waals surface area contributed by atoms with E-state index in [2.05, 4.69) is 0 Å². The van der Waals surface area contributed by atoms with Crippen LogP contribution in [0.5, 0.6) is 0 Å². The van der Waals surface area contributed by atoms with E-state index in [9.17, 15) is 9.59 Å². The van der Waals surface area contributed by atoms with Gasteiger partial charge in [0.05, 0.1) is 24.3 Å². The summed E-state index contributed by atoms with van der Waals surface area (Å²) in [4.78, 5) is 25.4. The van der Waals surface area contributed by atoms with Gasteiger partial charge >= 0.3 is 0 Å². The van der Waals surface area contributed by atoms with Crippen LogP contribution in [0.15, 0.2) is 12.2 Å². The lowest BCUT2D eigenvalue weighted by molar-refractivity contribution is -0.142. The highest BCUT2D eigenvalue weighted by molar-refractivity contribution is 6.05. The predicted octanol–water partition coefficient (Wildman–Crippen LogP) is 1.24. The molecule has 0 aromatic heterocycles. The van der Waals surface area contributed by atoms with Gasteiger partial charge in [0.2, 0.25) is 11.8 Å². The highest BCUT2D eigenvalue weighted by Crippen LogP contribution is 2.36. The third kappa shape index (κ3) is 1.53. The standard InChI is InChI=1S/C12H14N2O2/c1-8(6-7-13)14-11(15)9-4-2-3-5-10(9)12(14)16/h2-3,8-10H,4-6H2,1H3. The number of amides is 2. The van der Waals surface area contributed by atoms with Crippen LogP contribution in [0.2, 0.25) is 0 Å². The van der Waals surface area contributed by atoms with Gasteiger partial charge in [0.15, 0.2) is 0 Å². The van der Waals surface area contributed by atoms with Gasteiger partial charge in [0.25, 0.3) is 0 Å². The van der Waals surface area contributed by atoms with Crippen molar-refractivity contribution in [3.63, 3.8) is 0 Å². The molecule has 1 fully saturated rings. The fraction of sp³-hybridized carbons (Fsp3) is 0.583. The van der Waals surface area contributed by atoms with Crippen molar-refractivity contribution in [2.24, 2.45) is 11.8 Å². The Bertz CT molecular complexity index is 368. The van der Waals surface area contributed by atoms with E-state index < -0.39 is 0 Å². The molecule has 0 bridgehead atoms. The van der Waals surface area contributed by atoms with Gasteiger partial charge in [0.1, 0.15) is 0 Å². The average molecular weight is 218 g/mol. The Balaban J connectivity index is 2.21. The first kappa shape index (κ1) is 10.9. The molecular weight excluding hydrogens is 204 g/mol. The minimum absolute atomic E-state index is 0.0953. The third-order valence-electron chi connectivity index (χ3n) is 3.37. The summed E-state index contributed by atoms with van der Waals surface area (Å²) in [7, 11) is 0. The molecule has 2 rings (SSSR count). The van der Waals surface area contributed by atoms with E-state index in [0.717, 1.165) is 0 Å². The summed E-state index contributed by atoms with van der Waals surface area (Å²) in [5.41, 5.74) is 0. The molecule has 0 spiro atoms. The minimum atomic E-state index is -0.296. The highest BCUT2D eigenvalue weighted by atomic mass is 16.2. The summed E-state index contributed by atoms with van der Waals surface area (Å²) >= 11 is 0. The first-order chi connectivity index (χ1) is 7.66. The van der Waals surface area contributed by atoms with E-state index in [4.69, 9.17) is 5.26 Å². The largest absolute Gasteiger partial charge is 0.278 e. The van der Waals surface area contributed by atoms with Crippen LogP contribution < -0.4 is 0 Å². The number of allylic oxidation sites excluding steroid dienone is 2. The van der Waals surface area contributed by atoms with Crippen molar-refractivity contribution in [2.75, 3.05) is 0 Å². The van der Waals surface area contributed by atoms with Crippen LogP contribution in [-0.2, 0) is 9.59 Å². The molecule has 0 aromatic carbocycles. The molecule has 2 amide bonds. The Hall–Kier alpha value is -1.63. The van der Waals surface area contributed by atoms with Crippen LogP contribution in [0.4, 0.5) is 0 Å². The number of carbonyl (C=O) groups excluding carboxylic acids is 2. The molecule has 1 saturated heterocycles. The van der Waals surface area contributed by atoms with E-state index in [0.29, 0.717) is 12.8 Å². The molecule has 3 atom stereocenters. The second-order valence-corrected chi connectivity index (χ2v) is 4.41. The summed E-state index contributed by atoms with van der Waals surface area (Å²) in [6, 6.07) is 1.71. The van der Waals surface area contributed by atoms with E-state index in [1.807, 2.05) is 18.2 Å². The number of hydrogen-bond acceptors (Lipinski definition) is 3. The lowest BCUT2D eigenvalue weighted by Gasteiger charge is -2.20. The lowest BCUT2D eigenvalue weighted by atomic mass is 9.85. The maximum atomic E-state index is 12.0. The Labute approximate surface area is 94.5 Å². The lowest BCUT2D eigenvalue weighted by Crippen LogP contribution is -2.38. The van der Waals surface area contributed by atoms with Gasteiger partial charge in [-0.05, 0) is 19.8 Å². The van der Waals surface area contributed by atoms with Crippen molar-refractivity contribution in [1.29, 1.82) is 5.26 Å². The Morgan fingerprint density at radius 1 is 1.38 bits per heavy atom. The SMILES string of the molecule is CC(CC#N)N1C(=O)C2CC=CCC2C1=O. The predicted molar refractivity (Wildman–Crippen MR) is 56.9 cm³/mol. The van der Waals surface area contributed by atoms with Crippen molar-refractivity contribution < 1.29 is 9.59 Å². The zero-order valence-electron chi connectivity index (χ0n) is 9.22. The first-order valence-corrected chi connectivity index (χ1v) is 5.55. The Kier molecular flexibility index (Phi) is 2.78. The van der Waals surface area contributed by atoms with Crippen LogP contribution in [0.25, 0.3) is 0 Å². The molecule has 4 heteroatoms. The minimum Gasteiger partial charge on any atom is -0.278 e. The third-order valence-corrected chi connectivity index (χ3v) is 3.37. The monoisotopic (exact) mass is 218 g/mol. The van der Waals surface area contributed by atoms with Gasteiger partial charge in [-0.3, -0.25) is 14.5 Å². The smallest absolute Gasteiger partial charge is 0.233 e. The molecule has 1 heterocycles. The summed E-state index contributed by atoms with van der Waals surface area (Å²) in [6.07, 6.45) is 5.45. The molecule has 16 heavy (non-hydrogen) atoms. The Morgan fingerprint density at radius 2 is 1.88 bits per heavy atom. The van der Waals surface area contributed by atoms with Gasteiger partial charge in [0, 0.05) is 6.04 Å². The number of nitrogens with zero attached hydrogens (tertiary/aromatic N) is 2. The van der Waals surface area contributed by atoms with Crippen LogP contribution in [-0.4, -0.2) is 22.8 Å². The van der Waals surface area contributed by atoms with Crippen molar-refractivity contribution in [3.8, 4) is 6.07 Å². The quantitative estimate of drug-likeness (QED) is 0.517. The Morgan fingerprint density at radius 3 is 2.31 bits per heavy atom. The van der Waals surface area contributed by atoms with Crippen molar-refractivity contribution in [1.82, 2.24) is 4.90 Å². The number of fused-ring (bicyclic) bond motifs is 1. The van der Waals surface area contributed by atoms with Gasteiger partial charge in [-0.15, -0.1) is 0 Å². The van der Waals surface area contributed by atoms with Crippen LogP contribution in [0.3, 0.4) is 0 Å². The van der Waals surface area contributed by atoms with Crippen LogP contribution in [0.1, 0.15) is 26.2 Å². The molecule has 1 aliphatic heterocycles. The molecule has 2 aliphatic rings. The molecule has 0 radical (unpaired) electrons. The summed E-state index contributed by atoms with van der Waals surface area (Å²) in [5.74, 6) is -0.554. The molecule has 0 saturated carbocycles. The summed E-state index contributed by atoms with van der Waals surface area (Å²) < 4.78 is 0. The van der Waals surface area contributed by atoms with Crippen molar-refractivity contribution in [2.45, 2.75) is 32.2 Å². The van der Waals surface area contributed by atoms with E-state index in [1.54, 1.807) is 6.92 Å². The fourth-order valence-electron chi connectivity index (χ4n) is 2.48. The molecule has 3 unspecified atom stereocenters. The van der Waals surface area contributed by atoms with Gasteiger partial charge < -0.3 is 0 Å². The number of likely N-dealkylation sites (tertiary alicyclic amines) is 1. The summed E-state index contributed by atoms with van der Waals surface area (Å²) in [6.45, 7) is 1.75. The van der Waals surface area contributed by atoms with E-state index in [-0.39, 0.29) is 36.1 Å². The second-order valence-electron chi connectivity index (χ2n) is 4.41. The van der Waals surface area contributed by atoms with E-state index in [1.165, 1.54) is 4.90 Å². The average Bonchev–Trinajstić information content (AvgIpc) is 2.53. The summed E-state index contributed by atoms with van der Waals surface area (Å²) in [5, 5.41) is 8.62. The number of nitriles is 1. The number of hydrogen-bond donors (Lipinski definition) is 0. The molecule has 1 aliphatic carbocycles. The molecule has 4 nitrogen and oxygen atoms in total. The molecule has 0 N–H and O–H groups in total. The maximum Gasteiger partial charge on any atom is 0.233 e. The molecular formula is C12H14N2O2.